The largest absolute Gasteiger partial charge is 0.354 e. The summed E-state index contributed by atoms with van der Waals surface area (Å²) in [6.07, 6.45) is 7.43. The van der Waals surface area contributed by atoms with E-state index in [1.54, 1.807) is 12.3 Å². The van der Waals surface area contributed by atoms with Gasteiger partial charge >= 0.3 is 0 Å². The Balaban J connectivity index is 1.29. The standard InChI is InChI=1S/C21H24ClN7O2/c1-23-19(30)18-16(22)8-13(9-25-18)26-21-24-7-6-17(27-21)28-10-14-4-5-15(11-28)29(14)20(31)12-2-3-12/h6-9,12,14-15H,2-5,10-11H2,1H3,(H,23,30)(H,24,26,27). The van der Waals surface area contributed by atoms with Crippen molar-refractivity contribution in [1.82, 2.24) is 25.2 Å². The molecular formula is C21H24ClN7O2. The van der Waals surface area contributed by atoms with Crippen LogP contribution in [0.25, 0.3) is 0 Å². The second-order valence-corrected chi connectivity index (χ2v) is 8.71. The molecular weight excluding hydrogens is 418 g/mol. The van der Waals surface area contributed by atoms with Crippen molar-refractivity contribution < 1.29 is 9.59 Å². The molecule has 2 unspecified atom stereocenters. The van der Waals surface area contributed by atoms with Gasteiger partial charge in [-0.25, -0.2) is 9.97 Å². The zero-order valence-corrected chi connectivity index (χ0v) is 18.0. The highest BCUT2D eigenvalue weighted by atomic mass is 35.5. The normalized spacial score (nSPS) is 22.4. The van der Waals surface area contributed by atoms with Crippen LogP contribution in [0, 0.1) is 5.92 Å². The molecule has 2 aromatic rings. The number of carbonyl (C=O) groups is 2. The predicted octanol–water partition coefficient (Wildman–Crippen LogP) is 2.22. The first-order chi connectivity index (χ1) is 15.0. The van der Waals surface area contributed by atoms with E-state index in [0.29, 0.717) is 17.5 Å². The first kappa shape index (κ1) is 20.0. The maximum atomic E-state index is 12.7. The summed E-state index contributed by atoms with van der Waals surface area (Å²) < 4.78 is 0. The maximum Gasteiger partial charge on any atom is 0.271 e. The van der Waals surface area contributed by atoms with Gasteiger partial charge < -0.3 is 20.4 Å². The molecule has 0 radical (unpaired) electrons. The highest BCUT2D eigenvalue weighted by Crippen LogP contribution is 2.38. The van der Waals surface area contributed by atoms with Crippen molar-refractivity contribution in [2.45, 2.75) is 37.8 Å². The Morgan fingerprint density at radius 3 is 2.52 bits per heavy atom. The summed E-state index contributed by atoms with van der Waals surface area (Å²) in [7, 11) is 1.53. The van der Waals surface area contributed by atoms with Gasteiger partial charge in [-0.1, -0.05) is 11.6 Å². The third kappa shape index (κ3) is 3.89. The number of fused-ring (bicyclic) bond motifs is 2. The molecule has 3 fully saturated rings. The van der Waals surface area contributed by atoms with Crippen molar-refractivity contribution in [3.8, 4) is 0 Å². The quantitative estimate of drug-likeness (QED) is 0.733. The lowest BCUT2D eigenvalue weighted by atomic mass is 10.1. The Morgan fingerprint density at radius 2 is 1.87 bits per heavy atom. The van der Waals surface area contributed by atoms with Crippen molar-refractivity contribution >= 4 is 40.9 Å². The van der Waals surface area contributed by atoms with Crippen LogP contribution in [0.1, 0.15) is 36.2 Å². The monoisotopic (exact) mass is 441 g/mol. The molecule has 0 spiro atoms. The second-order valence-electron chi connectivity index (χ2n) is 8.31. The van der Waals surface area contributed by atoms with Crippen molar-refractivity contribution in [2.75, 3.05) is 30.4 Å². The number of nitrogens with zero attached hydrogens (tertiary/aromatic N) is 5. The SMILES string of the molecule is CNC(=O)c1ncc(Nc2nccc(N3CC4CCC(C3)N4C(=O)C3CC3)n2)cc1Cl. The van der Waals surface area contributed by atoms with E-state index in [1.807, 2.05) is 6.07 Å². The minimum atomic E-state index is -0.344. The lowest BCUT2D eigenvalue weighted by molar-refractivity contribution is -0.135. The molecule has 10 heteroatoms. The Kier molecular flexibility index (Phi) is 5.13. The van der Waals surface area contributed by atoms with E-state index in [1.165, 1.54) is 13.2 Å². The molecule has 1 aliphatic carbocycles. The molecule has 5 rings (SSSR count). The zero-order valence-electron chi connectivity index (χ0n) is 17.2. The van der Waals surface area contributed by atoms with E-state index < -0.39 is 0 Å². The number of piperazine rings is 1. The predicted molar refractivity (Wildman–Crippen MR) is 117 cm³/mol. The van der Waals surface area contributed by atoms with Crippen LogP contribution < -0.4 is 15.5 Å². The third-order valence-corrected chi connectivity index (χ3v) is 6.46. The number of aromatic nitrogens is 3. The molecule has 2 amide bonds. The topological polar surface area (TPSA) is 103 Å². The number of anilines is 3. The zero-order chi connectivity index (χ0) is 21.5. The van der Waals surface area contributed by atoms with Gasteiger partial charge in [0, 0.05) is 44.3 Å². The molecule has 2 saturated heterocycles. The Labute approximate surface area is 185 Å². The highest BCUT2D eigenvalue weighted by Gasteiger charge is 2.46. The summed E-state index contributed by atoms with van der Waals surface area (Å²) in [5.74, 6) is 1.52. The van der Waals surface area contributed by atoms with Crippen LogP contribution in [0.2, 0.25) is 5.02 Å². The number of hydrogen-bond donors (Lipinski definition) is 2. The Hall–Kier alpha value is -2.94. The molecule has 31 heavy (non-hydrogen) atoms. The van der Waals surface area contributed by atoms with E-state index in [0.717, 1.165) is 44.6 Å². The average Bonchev–Trinajstić information content (AvgIpc) is 3.58. The number of rotatable bonds is 5. The minimum absolute atomic E-state index is 0.165. The van der Waals surface area contributed by atoms with Gasteiger partial charge in [-0.3, -0.25) is 9.59 Å². The number of carbonyl (C=O) groups excluding carboxylic acids is 2. The van der Waals surface area contributed by atoms with E-state index in [2.05, 4.69) is 35.4 Å². The molecule has 0 aromatic carbocycles. The summed E-state index contributed by atoms with van der Waals surface area (Å²) in [5, 5.41) is 5.85. The molecule has 2 bridgehead atoms. The van der Waals surface area contributed by atoms with Gasteiger partial charge in [0.05, 0.1) is 16.9 Å². The Bertz CT molecular complexity index is 1010. The van der Waals surface area contributed by atoms with E-state index in [9.17, 15) is 9.59 Å². The van der Waals surface area contributed by atoms with Gasteiger partial charge in [0.2, 0.25) is 11.9 Å². The van der Waals surface area contributed by atoms with Crippen molar-refractivity contribution in [3.63, 3.8) is 0 Å². The molecule has 2 aliphatic heterocycles. The van der Waals surface area contributed by atoms with Crippen LogP contribution in [0.3, 0.4) is 0 Å². The van der Waals surface area contributed by atoms with Gasteiger partial charge in [-0.15, -0.1) is 0 Å². The first-order valence-electron chi connectivity index (χ1n) is 10.6. The first-order valence-corrected chi connectivity index (χ1v) is 11.0. The van der Waals surface area contributed by atoms with E-state index >= 15 is 0 Å². The third-order valence-electron chi connectivity index (χ3n) is 6.17. The van der Waals surface area contributed by atoms with Crippen LogP contribution >= 0.6 is 11.6 Å². The number of hydrogen-bond acceptors (Lipinski definition) is 7. The fourth-order valence-corrected chi connectivity index (χ4v) is 4.75. The smallest absolute Gasteiger partial charge is 0.271 e. The van der Waals surface area contributed by atoms with Crippen LogP contribution in [-0.4, -0.2) is 63.9 Å². The van der Waals surface area contributed by atoms with Crippen molar-refractivity contribution in [3.05, 3.63) is 35.2 Å². The number of amides is 2. The summed E-state index contributed by atoms with van der Waals surface area (Å²) >= 11 is 6.18. The van der Waals surface area contributed by atoms with E-state index in [4.69, 9.17) is 11.6 Å². The lowest BCUT2D eigenvalue weighted by Crippen LogP contribution is -2.56. The van der Waals surface area contributed by atoms with Gasteiger partial charge in [-0.2, -0.15) is 4.98 Å². The molecule has 2 N–H and O–H groups in total. The van der Waals surface area contributed by atoms with Crippen LogP contribution in [0.5, 0.6) is 0 Å². The van der Waals surface area contributed by atoms with Gasteiger partial charge in [0.25, 0.3) is 5.91 Å². The fraction of sp³-hybridized carbons (Fsp3) is 0.476. The second kappa shape index (κ2) is 7.96. The maximum absolute atomic E-state index is 12.7. The van der Waals surface area contributed by atoms with Crippen LogP contribution in [0.4, 0.5) is 17.5 Å². The summed E-state index contributed by atoms with van der Waals surface area (Å²) in [6.45, 7) is 1.58. The van der Waals surface area contributed by atoms with Gasteiger partial charge in [0.1, 0.15) is 11.5 Å². The van der Waals surface area contributed by atoms with Crippen molar-refractivity contribution in [2.24, 2.45) is 5.92 Å². The summed E-state index contributed by atoms with van der Waals surface area (Å²) in [6, 6.07) is 4.04. The molecule has 9 nitrogen and oxygen atoms in total. The average molecular weight is 442 g/mol. The molecule has 2 aromatic heterocycles. The van der Waals surface area contributed by atoms with E-state index in [-0.39, 0.29) is 34.6 Å². The van der Waals surface area contributed by atoms with Crippen LogP contribution in [-0.2, 0) is 4.79 Å². The summed E-state index contributed by atoms with van der Waals surface area (Å²) in [5.41, 5.74) is 0.758. The molecule has 162 valence electrons. The fourth-order valence-electron chi connectivity index (χ4n) is 4.50. The Morgan fingerprint density at radius 1 is 1.13 bits per heavy atom. The minimum Gasteiger partial charge on any atom is -0.354 e. The van der Waals surface area contributed by atoms with Gasteiger partial charge in [-0.05, 0) is 37.8 Å². The van der Waals surface area contributed by atoms with Gasteiger partial charge in [0.15, 0.2) is 0 Å². The molecule has 3 aliphatic rings. The highest BCUT2D eigenvalue weighted by molar-refractivity contribution is 6.33. The molecule has 1 saturated carbocycles. The van der Waals surface area contributed by atoms with Crippen LogP contribution in [0.15, 0.2) is 24.5 Å². The number of halogens is 1. The lowest BCUT2D eigenvalue weighted by Gasteiger charge is -2.41. The number of nitrogens with one attached hydrogen (secondary N) is 2. The molecule has 2 atom stereocenters. The number of pyridine rings is 1. The molecule has 4 heterocycles. The van der Waals surface area contributed by atoms with Crippen molar-refractivity contribution in [1.29, 1.82) is 0 Å². The summed E-state index contributed by atoms with van der Waals surface area (Å²) in [4.78, 5) is 41.9.